The van der Waals surface area contributed by atoms with Gasteiger partial charge in [0, 0.05) is 7.05 Å². The van der Waals surface area contributed by atoms with Crippen LogP contribution in [0.1, 0.15) is 31.0 Å². The van der Waals surface area contributed by atoms with Crippen molar-refractivity contribution in [3.63, 3.8) is 0 Å². The average molecular weight is 377 g/mol. The van der Waals surface area contributed by atoms with Crippen LogP contribution >= 0.6 is 0 Å². The molecule has 0 aliphatic carbocycles. The molecule has 4 rings (SSSR count). The van der Waals surface area contributed by atoms with Crippen LogP contribution in [0.5, 0.6) is 0 Å². The van der Waals surface area contributed by atoms with Crippen molar-refractivity contribution in [1.29, 1.82) is 0 Å². The summed E-state index contributed by atoms with van der Waals surface area (Å²) in [6.45, 7) is 3.48. The van der Waals surface area contributed by atoms with Gasteiger partial charge in [0.25, 0.3) is 5.56 Å². The number of aliphatic hydroxyl groups excluding tert-OH is 3. The molecule has 1 saturated heterocycles. The van der Waals surface area contributed by atoms with Gasteiger partial charge in [-0.05, 0) is 13.3 Å². The molecule has 4 heterocycles. The lowest BCUT2D eigenvalue weighted by Gasteiger charge is -2.18. The van der Waals surface area contributed by atoms with Crippen LogP contribution in [0, 0.1) is 6.92 Å². The molecule has 10 nitrogen and oxygen atoms in total. The smallest absolute Gasteiger partial charge is 0.287 e. The first-order chi connectivity index (χ1) is 12.9. The Morgan fingerprint density at radius 3 is 2.67 bits per heavy atom. The summed E-state index contributed by atoms with van der Waals surface area (Å²) in [6, 6.07) is 0. The van der Waals surface area contributed by atoms with Crippen molar-refractivity contribution in [3.8, 4) is 0 Å². The SMILES string of the molecule is CCCc1c(C)nc2n(C)c3c(ncn3[C@@H]3O[C@H](CO)[C@H](O)[C@@H]3O)c(=O)n12. The molecule has 3 aromatic heterocycles. The van der Waals surface area contributed by atoms with Crippen LogP contribution in [-0.4, -0.2) is 63.7 Å². The zero-order valence-corrected chi connectivity index (χ0v) is 15.4. The van der Waals surface area contributed by atoms with Gasteiger partial charge < -0.3 is 20.1 Å². The van der Waals surface area contributed by atoms with Crippen molar-refractivity contribution in [2.75, 3.05) is 6.61 Å². The molecular weight excluding hydrogens is 354 g/mol. The van der Waals surface area contributed by atoms with E-state index in [1.165, 1.54) is 10.9 Å². The zero-order chi connectivity index (χ0) is 19.5. The van der Waals surface area contributed by atoms with Gasteiger partial charge in [-0.15, -0.1) is 0 Å². The molecule has 0 bridgehead atoms. The van der Waals surface area contributed by atoms with Gasteiger partial charge in [0.1, 0.15) is 18.3 Å². The summed E-state index contributed by atoms with van der Waals surface area (Å²) in [6.07, 6.45) is -1.37. The molecule has 1 aliphatic heterocycles. The molecule has 10 heteroatoms. The van der Waals surface area contributed by atoms with E-state index in [0.717, 1.165) is 24.2 Å². The minimum Gasteiger partial charge on any atom is -0.394 e. The maximum atomic E-state index is 13.1. The molecular formula is C17H23N5O5. The monoisotopic (exact) mass is 377 g/mol. The van der Waals surface area contributed by atoms with Gasteiger partial charge in [-0.1, -0.05) is 13.3 Å². The number of ether oxygens (including phenoxy) is 1. The topological polar surface area (TPSA) is 127 Å². The molecule has 3 aromatic rings. The van der Waals surface area contributed by atoms with Crippen LogP contribution in [0.15, 0.2) is 11.1 Å². The normalized spacial score (nSPS) is 25.9. The predicted octanol–water partition coefficient (Wildman–Crippen LogP) is -0.745. The second kappa shape index (κ2) is 6.41. The number of aliphatic hydroxyl groups is 3. The standard InChI is InChI=1S/C17H23N5O5/c1-4-5-9-8(2)19-17-20(3)14-11(15(26)22(9)17)18-7-21(14)16-13(25)12(24)10(6-23)27-16/h7,10,12-13,16,23-25H,4-6H2,1-3H3/t10-,12+,13+,16-/m1/s1. The fourth-order valence-corrected chi connectivity index (χ4v) is 3.85. The molecule has 0 radical (unpaired) electrons. The van der Waals surface area contributed by atoms with E-state index in [2.05, 4.69) is 9.97 Å². The summed E-state index contributed by atoms with van der Waals surface area (Å²) in [4.78, 5) is 21.9. The zero-order valence-electron chi connectivity index (χ0n) is 15.4. The highest BCUT2D eigenvalue weighted by Gasteiger charge is 2.44. The van der Waals surface area contributed by atoms with E-state index >= 15 is 0 Å². The van der Waals surface area contributed by atoms with Crippen LogP contribution in [0.4, 0.5) is 0 Å². The van der Waals surface area contributed by atoms with Crippen LogP contribution in [0.25, 0.3) is 16.9 Å². The summed E-state index contributed by atoms with van der Waals surface area (Å²) in [5.74, 6) is 0.474. The van der Waals surface area contributed by atoms with Crippen molar-refractivity contribution in [2.24, 2.45) is 7.05 Å². The molecule has 4 atom stereocenters. The van der Waals surface area contributed by atoms with Crippen LogP contribution in [0.3, 0.4) is 0 Å². The Bertz CT molecular complexity index is 1070. The van der Waals surface area contributed by atoms with Gasteiger partial charge in [0.2, 0.25) is 5.78 Å². The first-order valence-electron chi connectivity index (χ1n) is 8.96. The second-order valence-corrected chi connectivity index (χ2v) is 6.95. The summed E-state index contributed by atoms with van der Waals surface area (Å²) in [5.41, 5.74) is 2.01. The summed E-state index contributed by atoms with van der Waals surface area (Å²) >= 11 is 0. The molecule has 0 aromatic carbocycles. The number of rotatable bonds is 4. The summed E-state index contributed by atoms with van der Waals surface area (Å²) < 4.78 is 10.4. The van der Waals surface area contributed by atoms with Crippen LogP contribution < -0.4 is 5.56 Å². The third-order valence-corrected chi connectivity index (χ3v) is 5.22. The van der Waals surface area contributed by atoms with Gasteiger partial charge in [-0.2, -0.15) is 0 Å². The van der Waals surface area contributed by atoms with Gasteiger partial charge in [0.05, 0.1) is 24.3 Å². The first-order valence-corrected chi connectivity index (χ1v) is 8.96. The Kier molecular flexibility index (Phi) is 4.30. The molecule has 0 spiro atoms. The lowest BCUT2D eigenvalue weighted by molar-refractivity contribution is -0.0512. The van der Waals surface area contributed by atoms with E-state index in [1.54, 1.807) is 16.0 Å². The Morgan fingerprint density at radius 2 is 2.04 bits per heavy atom. The first kappa shape index (κ1) is 18.1. The number of aromatic nitrogens is 5. The molecule has 0 unspecified atom stereocenters. The van der Waals surface area contributed by atoms with Crippen LogP contribution in [-0.2, 0) is 18.2 Å². The number of hydrogen-bond acceptors (Lipinski definition) is 7. The van der Waals surface area contributed by atoms with Crippen molar-refractivity contribution >= 4 is 16.9 Å². The molecule has 1 fully saturated rings. The lowest BCUT2D eigenvalue weighted by Crippen LogP contribution is -2.33. The number of nitrogens with zero attached hydrogens (tertiary/aromatic N) is 5. The number of fused-ring (bicyclic) bond motifs is 2. The minimum atomic E-state index is -1.26. The third kappa shape index (κ3) is 2.44. The lowest BCUT2D eigenvalue weighted by atomic mass is 10.1. The quantitative estimate of drug-likeness (QED) is 0.546. The highest BCUT2D eigenvalue weighted by atomic mass is 16.6. The molecule has 3 N–H and O–H groups in total. The van der Waals surface area contributed by atoms with Gasteiger partial charge in [0.15, 0.2) is 17.4 Å². The highest BCUT2D eigenvalue weighted by molar-refractivity contribution is 5.73. The Morgan fingerprint density at radius 1 is 1.30 bits per heavy atom. The molecule has 0 saturated carbocycles. The van der Waals surface area contributed by atoms with Crippen molar-refractivity contribution < 1.29 is 20.1 Å². The van der Waals surface area contributed by atoms with Crippen molar-refractivity contribution in [3.05, 3.63) is 28.1 Å². The maximum absolute atomic E-state index is 13.1. The van der Waals surface area contributed by atoms with E-state index in [0.29, 0.717) is 11.4 Å². The molecule has 1 aliphatic rings. The molecule has 27 heavy (non-hydrogen) atoms. The molecule has 146 valence electrons. The van der Waals surface area contributed by atoms with E-state index in [-0.39, 0.29) is 11.1 Å². The average Bonchev–Trinajstić information content (AvgIpc) is 3.30. The second-order valence-electron chi connectivity index (χ2n) is 6.95. The number of aryl methyl sites for hydroxylation is 3. The Balaban J connectivity index is 1.96. The Labute approximate surface area is 154 Å². The van der Waals surface area contributed by atoms with E-state index in [9.17, 15) is 20.1 Å². The van der Waals surface area contributed by atoms with E-state index < -0.39 is 31.1 Å². The van der Waals surface area contributed by atoms with E-state index in [1.807, 2.05) is 13.8 Å². The number of imidazole rings is 2. The Hall–Kier alpha value is -2.27. The van der Waals surface area contributed by atoms with Gasteiger partial charge >= 0.3 is 0 Å². The molecule has 0 amide bonds. The highest BCUT2D eigenvalue weighted by Crippen LogP contribution is 2.31. The minimum absolute atomic E-state index is 0.220. The van der Waals surface area contributed by atoms with E-state index in [4.69, 9.17) is 4.74 Å². The van der Waals surface area contributed by atoms with Gasteiger partial charge in [-0.3, -0.25) is 13.9 Å². The fourth-order valence-electron chi connectivity index (χ4n) is 3.85. The number of hydrogen-bond donors (Lipinski definition) is 3. The van der Waals surface area contributed by atoms with Crippen LogP contribution in [0.2, 0.25) is 0 Å². The maximum Gasteiger partial charge on any atom is 0.287 e. The summed E-state index contributed by atoms with van der Waals surface area (Å²) in [7, 11) is 1.76. The summed E-state index contributed by atoms with van der Waals surface area (Å²) in [5, 5.41) is 29.7. The largest absolute Gasteiger partial charge is 0.394 e. The van der Waals surface area contributed by atoms with Crippen molar-refractivity contribution in [2.45, 2.75) is 51.2 Å². The van der Waals surface area contributed by atoms with Crippen molar-refractivity contribution in [1.82, 2.24) is 23.5 Å². The predicted molar refractivity (Wildman–Crippen MR) is 95.5 cm³/mol. The van der Waals surface area contributed by atoms with Gasteiger partial charge in [-0.25, -0.2) is 14.4 Å². The fraction of sp³-hybridized carbons (Fsp3) is 0.588. The third-order valence-electron chi connectivity index (χ3n) is 5.22.